The third-order valence-corrected chi connectivity index (χ3v) is 7.63. The number of carbonyl (C=O) groups excluding carboxylic acids is 2. The lowest BCUT2D eigenvalue weighted by Gasteiger charge is -2.16. The van der Waals surface area contributed by atoms with Crippen molar-refractivity contribution in [1.82, 2.24) is 9.62 Å². The number of anilines is 1. The molecule has 7 nitrogen and oxygen atoms in total. The molecule has 0 radical (unpaired) electrons. The van der Waals surface area contributed by atoms with E-state index >= 15 is 0 Å². The summed E-state index contributed by atoms with van der Waals surface area (Å²) in [6.45, 7) is 4.52. The van der Waals surface area contributed by atoms with Crippen molar-refractivity contribution in [2.45, 2.75) is 31.6 Å². The van der Waals surface area contributed by atoms with Crippen LogP contribution >= 0.6 is 15.9 Å². The Morgan fingerprint density at radius 2 is 1.70 bits per heavy atom. The van der Waals surface area contributed by atoms with Crippen LogP contribution in [0.2, 0.25) is 0 Å². The number of carbonyl (C=O) groups is 2. The van der Waals surface area contributed by atoms with E-state index in [4.69, 9.17) is 0 Å². The zero-order valence-electron chi connectivity index (χ0n) is 16.9. The molecule has 1 aliphatic heterocycles. The lowest BCUT2D eigenvalue weighted by atomic mass is 10.1. The first kappa shape index (κ1) is 22.5. The molecule has 1 aliphatic rings. The summed E-state index contributed by atoms with van der Waals surface area (Å²) in [5.74, 6) is -0.894. The summed E-state index contributed by atoms with van der Waals surface area (Å²) in [4.78, 5) is 25.0. The second-order valence-corrected chi connectivity index (χ2v) is 10.0. The Kier molecular flexibility index (Phi) is 6.95. The third kappa shape index (κ3) is 4.91. The molecule has 0 aromatic heterocycles. The first-order valence-corrected chi connectivity index (χ1v) is 11.9. The zero-order valence-corrected chi connectivity index (χ0v) is 19.3. The van der Waals surface area contributed by atoms with Gasteiger partial charge in [0.2, 0.25) is 15.9 Å². The SMILES string of the molecule is Cc1cccc(C)c1NC(=O)CNC(=O)c1cc(S(=O)(=O)N2CCCC2)ccc1Br. The van der Waals surface area contributed by atoms with Gasteiger partial charge >= 0.3 is 0 Å². The van der Waals surface area contributed by atoms with Gasteiger partial charge in [0.05, 0.1) is 17.0 Å². The van der Waals surface area contributed by atoms with Gasteiger partial charge in [-0.2, -0.15) is 4.31 Å². The standard InChI is InChI=1S/C21H24BrN3O4S/c1-14-6-5-7-15(2)20(14)24-19(26)13-23-21(27)17-12-16(8-9-18(17)22)30(28,29)25-10-3-4-11-25/h5-9,12H,3-4,10-11,13H2,1-2H3,(H,23,27)(H,24,26). The highest BCUT2D eigenvalue weighted by Crippen LogP contribution is 2.25. The second kappa shape index (κ2) is 9.28. The van der Waals surface area contributed by atoms with Crippen molar-refractivity contribution in [2.75, 3.05) is 25.0 Å². The number of hydrogen-bond acceptors (Lipinski definition) is 4. The van der Waals surface area contributed by atoms with E-state index in [1.807, 2.05) is 32.0 Å². The van der Waals surface area contributed by atoms with Gasteiger partial charge < -0.3 is 10.6 Å². The van der Waals surface area contributed by atoms with Crippen molar-refractivity contribution in [3.63, 3.8) is 0 Å². The monoisotopic (exact) mass is 493 g/mol. The number of halogens is 1. The van der Waals surface area contributed by atoms with Gasteiger partial charge in [0.25, 0.3) is 5.91 Å². The zero-order chi connectivity index (χ0) is 21.9. The van der Waals surface area contributed by atoms with Crippen molar-refractivity contribution in [3.8, 4) is 0 Å². The van der Waals surface area contributed by atoms with Crippen LogP contribution in [-0.4, -0.2) is 44.2 Å². The molecule has 0 aliphatic carbocycles. The van der Waals surface area contributed by atoms with E-state index < -0.39 is 15.9 Å². The summed E-state index contributed by atoms with van der Waals surface area (Å²) in [7, 11) is -3.64. The summed E-state index contributed by atoms with van der Waals surface area (Å²) in [6.07, 6.45) is 1.66. The molecule has 2 N–H and O–H groups in total. The minimum Gasteiger partial charge on any atom is -0.343 e. The lowest BCUT2D eigenvalue weighted by Crippen LogP contribution is -2.33. The van der Waals surface area contributed by atoms with E-state index in [0.29, 0.717) is 17.6 Å². The Morgan fingerprint density at radius 3 is 2.33 bits per heavy atom. The van der Waals surface area contributed by atoms with Crippen molar-refractivity contribution >= 4 is 43.5 Å². The Hall–Kier alpha value is -2.23. The van der Waals surface area contributed by atoms with E-state index in [1.165, 1.54) is 22.5 Å². The molecule has 1 fully saturated rings. The molecule has 0 atom stereocenters. The first-order chi connectivity index (χ1) is 14.2. The molecule has 0 unspecified atom stereocenters. The minimum atomic E-state index is -3.64. The molecule has 0 saturated carbocycles. The first-order valence-electron chi connectivity index (χ1n) is 9.64. The Bertz CT molecular complexity index is 1060. The molecule has 9 heteroatoms. The number of amides is 2. The van der Waals surface area contributed by atoms with Crippen LogP contribution < -0.4 is 10.6 Å². The Balaban J connectivity index is 1.70. The quantitative estimate of drug-likeness (QED) is 0.645. The number of rotatable bonds is 6. The minimum absolute atomic E-state index is 0.0673. The maximum Gasteiger partial charge on any atom is 0.252 e. The van der Waals surface area contributed by atoms with Crippen LogP contribution in [-0.2, 0) is 14.8 Å². The van der Waals surface area contributed by atoms with Gasteiger partial charge in [-0.05, 0) is 71.9 Å². The molecular formula is C21H24BrN3O4S. The van der Waals surface area contributed by atoms with Gasteiger partial charge in [-0.1, -0.05) is 18.2 Å². The predicted molar refractivity (Wildman–Crippen MR) is 119 cm³/mol. The predicted octanol–water partition coefficient (Wildman–Crippen LogP) is 3.22. The average Bonchev–Trinajstić information content (AvgIpc) is 3.25. The fourth-order valence-corrected chi connectivity index (χ4v) is 5.34. The van der Waals surface area contributed by atoms with Crippen LogP contribution in [0.5, 0.6) is 0 Å². The Morgan fingerprint density at radius 1 is 1.07 bits per heavy atom. The highest BCUT2D eigenvalue weighted by atomic mass is 79.9. The summed E-state index contributed by atoms with van der Waals surface area (Å²) >= 11 is 3.29. The highest BCUT2D eigenvalue weighted by Gasteiger charge is 2.28. The number of aryl methyl sites for hydroxylation is 2. The maximum absolute atomic E-state index is 12.8. The van der Waals surface area contributed by atoms with Gasteiger partial charge in [0, 0.05) is 23.2 Å². The molecule has 0 spiro atoms. The van der Waals surface area contributed by atoms with E-state index in [-0.39, 0.29) is 22.9 Å². The van der Waals surface area contributed by atoms with Gasteiger partial charge in [-0.25, -0.2) is 8.42 Å². The second-order valence-electron chi connectivity index (χ2n) is 7.25. The average molecular weight is 494 g/mol. The summed E-state index contributed by atoms with van der Waals surface area (Å²) in [5, 5.41) is 5.36. The number of sulfonamides is 1. The largest absolute Gasteiger partial charge is 0.343 e. The fourth-order valence-electron chi connectivity index (χ4n) is 3.37. The molecule has 1 heterocycles. The number of para-hydroxylation sites is 1. The molecule has 2 amide bonds. The van der Waals surface area contributed by atoms with Gasteiger partial charge in [-0.15, -0.1) is 0 Å². The van der Waals surface area contributed by atoms with Gasteiger partial charge in [0.1, 0.15) is 0 Å². The topological polar surface area (TPSA) is 95.6 Å². The van der Waals surface area contributed by atoms with Crippen LogP contribution in [0.4, 0.5) is 5.69 Å². The Labute approximate surface area is 185 Å². The molecule has 0 bridgehead atoms. The van der Waals surface area contributed by atoms with E-state index in [2.05, 4.69) is 26.6 Å². The fraction of sp³-hybridized carbons (Fsp3) is 0.333. The van der Waals surface area contributed by atoms with Crippen LogP contribution in [0.3, 0.4) is 0 Å². The van der Waals surface area contributed by atoms with Crippen molar-refractivity contribution in [2.24, 2.45) is 0 Å². The van der Waals surface area contributed by atoms with Crippen LogP contribution in [0.1, 0.15) is 34.3 Å². The van der Waals surface area contributed by atoms with Crippen molar-refractivity contribution in [3.05, 3.63) is 57.6 Å². The molecule has 3 rings (SSSR count). The summed E-state index contributed by atoms with van der Waals surface area (Å²) in [5.41, 5.74) is 2.74. The van der Waals surface area contributed by atoms with Crippen LogP contribution in [0.25, 0.3) is 0 Å². The normalized spacial score (nSPS) is 14.5. The van der Waals surface area contributed by atoms with Crippen molar-refractivity contribution < 1.29 is 18.0 Å². The highest BCUT2D eigenvalue weighted by molar-refractivity contribution is 9.10. The smallest absolute Gasteiger partial charge is 0.252 e. The number of nitrogens with zero attached hydrogens (tertiary/aromatic N) is 1. The molecule has 2 aromatic rings. The van der Waals surface area contributed by atoms with Crippen LogP contribution in [0.15, 0.2) is 45.8 Å². The van der Waals surface area contributed by atoms with Crippen molar-refractivity contribution in [1.29, 1.82) is 0 Å². The van der Waals surface area contributed by atoms with Gasteiger partial charge in [-0.3, -0.25) is 9.59 Å². The lowest BCUT2D eigenvalue weighted by molar-refractivity contribution is -0.115. The van der Waals surface area contributed by atoms with Gasteiger partial charge in [0.15, 0.2) is 0 Å². The van der Waals surface area contributed by atoms with E-state index in [0.717, 1.165) is 29.7 Å². The molecule has 30 heavy (non-hydrogen) atoms. The maximum atomic E-state index is 12.8. The number of nitrogens with one attached hydrogen (secondary N) is 2. The van der Waals surface area contributed by atoms with E-state index in [9.17, 15) is 18.0 Å². The molecule has 160 valence electrons. The molecule has 1 saturated heterocycles. The number of benzene rings is 2. The van der Waals surface area contributed by atoms with Crippen LogP contribution in [0, 0.1) is 13.8 Å². The number of hydrogen-bond donors (Lipinski definition) is 2. The molecular weight excluding hydrogens is 470 g/mol. The van der Waals surface area contributed by atoms with E-state index in [1.54, 1.807) is 0 Å². The summed E-state index contributed by atoms with van der Waals surface area (Å²) < 4.78 is 27.4. The third-order valence-electron chi connectivity index (χ3n) is 5.04. The molecule has 2 aromatic carbocycles. The summed E-state index contributed by atoms with van der Waals surface area (Å²) in [6, 6.07) is 10.0.